The van der Waals surface area contributed by atoms with Crippen molar-refractivity contribution in [2.24, 2.45) is 16.8 Å². The van der Waals surface area contributed by atoms with Crippen LogP contribution < -0.4 is 5.32 Å². The molecule has 2 aliphatic heterocycles. The Morgan fingerprint density at radius 1 is 1.00 bits per heavy atom. The summed E-state index contributed by atoms with van der Waals surface area (Å²) in [6.07, 6.45) is 10.7. The minimum absolute atomic E-state index is 0. The van der Waals surface area contributed by atoms with Crippen molar-refractivity contribution in [3.05, 3.63) is 0 Å². The molecule has 1 atom stereocenters. The van der Waals surface area contributed by atoms with Gasteiger partial charge in [0.15, 0.2) is 5.96 Å². The Bertz CT molecular complexity index is 501. The van der Waals surface area contributed by atoms with Gasteiger partial charge in [-0.3, -0.25) is 4.79 Å². The second-order valence-electron chi connectivity index (χ2n) is 8.92. The zero-order chi connectivity index (χ0) is 19.1. The maximum atomic E-state index is 12.0. The lowest BCUT2D eigenvalue weighted by molar-refractivity contribution is -0.127. The number of carbonyl (C=O) groups is 1. The van der Waals surface area contributed by atoms with Crippen molar-refractivity contribution >= 4 is 35.8 Å². The minimum atomic E-state index is 0. The molecule has 162 valence electrons. The monoisotopic (exact) mass is 505 g/mol. The maximum absolute atomic E-state index is 12.0. The predicted molar refractivity (Wildman–Crippen MR) is 126 cm³/mol. The van der Waals surface area contributed by atoms with E-state index in [1.165, 1.54) is 71.0 Å². The molecular formula is C21H40IN5O. The van der Waals surface area contributed by atoms with Gasteiger partial charge in [0.05, 0.1) is 0 Å². The first-order valence-corrected chi connectivity index (χ1v) is 11.1. The molecule has 7 heteroatoms. The van der Waals surface area contributed by atoms with Gasteiger partial charge in [0, 0.05) is 40.3 Å². The molecule has 0 bridgehead atoms. The highest BCUT2D eigenvalue weighted by Crippen LogP contribution is 2.23. The highest BCUT2D eigenvalue weighted by Gasteiger charge is 2.28. The van der Waals surface area contributed by atoms with Gasteiger partial charge in [-0.2, -0.15) is 0 Å². The van der Waals surface area contributed by atoms with E-state index in [-0.39, 0.29) is 36.4 Å². The Morgan fingerprint density at radius 2 is 1.71 bits per heavy atom. The molecule has 3 fully saturated rings. The van der Waals surface area contributed by atoms with Crippen LogP contribution >= 0.6 is 24.0 Å². The van der Waals surface area contributed by atoms with E-state index in [1.807, 2.05) is 0 Å². The van der Waals surface area contributed by atoms with Crippen molar-refractivity contribution in [2.45, 2.75) is 51.4 Å². The number of carbonyl (C=O) groups excluding carboxylic acids is 1. The lowest BCUT2D eigenvalue weighted by Crippen LogP contribution is -2.43. The van der Waals surface area contributed by atoms with Gasteiger partial charge in [0.1, 0.15) is 6.54 Å². The summed E-state index contributed by atoms with van der Waals surface area (Å²) >= 11 is 0. The van der Waals surface area contributed by atoms with Crippen LogP contribution in [0.1, 0.15) is 51.4 Å². The Kier molecular flexibility index (Phi) is 10.3. The second-order valence-corrected chi connectivity index (χ2v) is 8.92. The van der Waals surface area contributed by atoms with Crippen LogP contribution in [0.25, 0.3) is 0 Å². The van der Waals surface area contributed by atoms with E-state index in [4.69, 9.17) is 4.99 Å². The summed E-state index contributed by atoms with van der Waals surface area (Å²) in [4.78, 5) is 23.4. The van der Waals surface area contributed by atoms with Gasteiger partial charge >= 0.3 is 0 Å². The molecule has 2 heterocycles. The van der Waals surface area contributed by atoms with Crippen LogP contribution in [0.2, 0.25) is 0 Å². The predicted octanol–water partition coefficient (Wildman–Crippen LogP) is 2.64. The van der Waals surface area contributed by atoms with Crippen molar-refractivity contribution in [1.82, 2.24) is 20.0 Å². The highest BCUT2D eigenvalue weighted by molar-refractivity contribution is 14.0. The number of guanidine groups is 1. The minimum Gasteiger partial charge on any atom is -0.356 e. The zero-order valence-electron chi connectivity index (χ0n) is 17.9. The van der Waals surface area contributed by atoms with E-state index in [9.17, 15) is 4.79 Å². The first-order chi connectivity index (χ1) is 13.1. The molecule has 0 radical (unpaired) electrons. The third-order valence-corrected chi connectivity index (χ3v) is 6.44. The second kappa shape index (κ2) is 12.2. The summed E-state index contributed by atoms with van der Waals surface area (Å²) in [5.41, 5.74) is 0. The number of nitrogens with zero attached hydrogens (tertiary/aromatic N) is 4. The van der Waals surface area contributed by atoms with Crippen molar-refractivity contribution in [3.8, 4) is 0 Å². The van der Waals surface area contributed by atoms with Crippen LogP contribution in [0.5, 0.6) is 0 Å². The molecule has 6 nitrogen and oxygen atoms in total. The number of amides is 1. The van der Waals surface area contributed by atoms with Gasteiger partial charge in [0.25, 0.3) is 0 Å². The lowest BCUT2D eigenvalue weighted by atomic mass is 9.89. The zero-order valence-corrected chi connectivity index (χ0v) is 20.2. The SMILES string of the molecule is CN(C)C(=O)CN=C(NCC1CCCCC1)N1CCC(CN2CCCC2)C1.I. The van der Waals surface area contributed by atoms with Gasteiger partial charge in [-0.1, -0.05) is 19.3 Å². The lowest BCUT2D eigenvalue weighted by Gasteiger charge is -2.27. The molecule has 1 N–H and O–H groups in total. The summed E-state index contributed by atoms with van der Waals surface area (Å²) in [5.74, 6) is 2.52. The quantitative estimate of drug-likeness (QED) is 0.343. The maximum Gasteiger partial charge on any atom is 0.243 e. The molecule has 0 aromatic carbocycles. The third-order valence-electron chi connectivity index (χ3n) is 6.44. The van der Waals surface area contributed by atoms with Crippen molar-refractivity contribution in [3.63, 3.8) is 0 Å². The van der Waals surface area contributed by atoms with Crippen molar-refractivity contribution < 1.29 is 4.79 Å². The van der Waals surface area contributed by atoms with Gasteiger partial charge in [-0.05, 0) is 57.0 Å². The molecule has 1 amide bonds. The number of likely N-dealkylation sites (tertiary alicyclic amines) is 2. The van der Waals surface area contributed by atoms with E-state index in [0.717, 1.165) is 37.4 Å². The number of hydrogen-bond acceptors (Lipinski definition) is 3. The fourth-order valence-corrected chi connectivity index (χ4v) is 4.68. The molecule has 2 saturated heterocycles. The van der Waals surface area contributed by atoms with Crippen LogP contribution in [-0.4, -0.2) is 86.5 Å². The summed E-state index contributed by atoms with van der Waals surface area (Å²) in [5, 5.41) is 3.63. The fourth-order valence-electron chi connectivity index (χ4n) is 4.68. The first kappa shape index (κ1) is 23.7. The van der Waals surface area contributed by atoms with E-state index in [1.54, 1.807) is 19.0 Å². The molecule has 3 aliphatic rings. The van der Waals surface area contributed by atoms with E-state index >= 15 is 0 Å². The number of nitrogens with one attached hydrogen (secondary N) is 1. The molecule has 28 heavy (non-hydrogen) atoms. The first-order valence-electron chi connectivity index (χ1n) is 11.1. The summed E-state index contributed by atoms with van der Waals surface area (Å²) in [6, 6.07) is 0. The molecule has 1 saturated carbocycles. The van der Waals surface area contributed by atoms with Crippen LogP contribution in [0, 0.1) is 11.8 Å². The normalized spacial score (nSPS) is 24.3. The van der Waals surface area contributed by atoms with Gasteiger partial charge in [-0.15, -0.1) is 24.0 Å². The van der Waals surface area contributed by atoms with Gasteiger partial charge in [0.2, 0.25) is 5.91 Å². The number of hydrogen-bond donors (Lipinski definition) is 1. The topological polar surface area (TPSA) is 51.2 Å². The largest absolute Gasteiger partial charge is 0.356 e. The van der Waals surface area contributed by atoms with Crippen LogP contribution in [0.3, 0.4) is 0 Å². The van der Waals surface area contributed by atoms with Crippen LogP contribution in [-0.2, 0) is 4.79 Å². The number of halogens is 1. The average molecular weight is 505 g/mol. The summed E-state index contributed by atoms with van der Waals surface area (Å²) in [6.45, 7) is 7.15. The van der Waals surface area contributed by atoms with Crippen molar-refractivity contribution in [2.75, 3.05) is 59.9 Å². The highest BCUT2D eigenvalue weighted by atomic mass is 127. The summed E-state index contributed by atoms with van der Waals surface area (Å²) in [7, 11) is 3.60. The molecule has 0 spiro atoms. The third kappa shape index (κ3) is 7.35. The standard InChI is InChI=1S/C21H39N5O.HI/c1-24(2)20(27)15-23-21(22-14-18-8-4-3-5-9-18)26-13-10-19(17-26)16-25-11-6-7-12-25;/h18-19H,3-17H2,1-2H3,(H,22,23);1H. The Hall–Kier alpha value is -0.570. The number of likely N-dealkylation sites (N-methyl/N-ethyl adjacent to an activating group) is 1. The molecule has 1 unspecified atom stereocenters. The smallest absolute Gasteiger partial charge is 0.243 e. The molecule has 0 aromatic heterocycles. The van der Waals surface area contributed by atoms with Crippen molar-refractivity contribution in [1.29, 1.82) is 0 Å². The average Bonchev–Trinajstić information content (AvgIpc) is 3.35. The van der Waals surface area contributed by atoms with Crippen LogP contribution in [0.4, 0.5) is 0 Å². The Balaban J connectivity index is 0.00000280. The molecule has 0 aromatic rings. The molecule has 3 rings (SSSR count). The number of rotatable bonds is 6. The molecular weight excluding hydrogens is 465 g/mol. The molecule has 1 aliphatic carbocycles. The Morgan fingerprint density at radius 3 is 2.39 bits per heavy atom. The van der Waals surface area contributed by atoms with E-state index in [0.29, 0.717) is 0 Å². The summed E-state index contributed by atoms with van der Waals surface area (Å²) < 4.78 is 0. The van der Waals surface area contributed by atoms with E-state index in [2.05, 4.69) is 15.1 Å². The Labute approximate surface area is 188 Å². The fraction of sp³-hybridized carbons (Fsp3) is 0.905. The van der Waals surface area contributed by atoms with Gasteiger partial charge in [-0.25, -0.2) is 4.99 Å². The van der Waals surface area contributed by atoms with E-state index < -0.39 is 0 Å². The number of aliphatic imine (C=N–C) groups is 1. The van der Waals surface area contributed by atoms with Crippen LogP contribution in [0.15, 0.2) is 4.99 Å². The van der Waals surface area contributed by atoms with Gasteiger partial charge < -0.3 is 20.0 Å².